The topological polar surface area (TPSA) is 70.1 Å². The summed E-state index contributed by atoms with van der Waals surface area (Å²) in [5.41, 5.74) is 9.74. The molecule has 0 amide bonds. The van der Waals surface area contributed by atoms with Gasteiger partial charge in [0, 0.05) is 11.1 Å². The van der Waals surface area contributed by atoms with E-state index in [-0.39, 0.29) is 5.97 Å². The van der Waals surface area contributed by atoms with Crippen LogP contribution in [0, 0.1) is 6.92 Å². The molecule has 0 saturated heterocycles. The third kappa shape index (κ3) is 3.61. The highest BCUT2D eigenvalue weighted by Gasteiger charge is 2.19. The highest BCUT2D eigenvalue weighted by Crippen LogP contribution is 2.28. The quantitative estimate of drug-likeness (QED) is 0.712. The number of para-hydroxylation sites is 1. The van der Waals surface area contributed by atoms with Gasteiger partial charge in [-0.05, 0) is 52.0 Å². The van der Waals surface area contributed by atoms with Crippen molar-refractivity contribution in [3.8, 4) is 16.9 Å². The fraction of sp³-hybridized carbons (Fsp3) is 0.238. The Balaban J connectivity index is 1.92. The number of nitrogens with two attached hydrogens (primary N) is 1. The third-order valence-corrected chi connectivity index (χ3v) is 3.96. The zero-order chi connectivity index (χ0) is 18.9. The first-order chi connectivity index (χ1) is 12.3. The summed E-state index contributed by atoms with van der Waals surface area (Å²) < 4.78 is 7.12. The minimum atomic E-state index is -0.519. The van der Waals surface area contributed by atoms with Gasteiger partial charge in [-0.3, -0.25) is 0 Å². The van der Waals surface area contributed by atoms with E-state index in [0.29, 0.717) is 11.4 Å². The second kappa shape index (κ2) is 6.67. The first kappa shape index (κ1) is 17.7. The number of aromatic nitrogens is 2. The number of benzene rings is 2. The Morgan fingerprint density at radius 3 is 2.23 bits per heavy atom. The molecule has 134 valence electrons. The number of carbonyl (C=O) groups is 1. The summed E-state index contributed by atoms with van der Waals surface area (Å²) in [7, 11) is 0. The van der Waals surface area contributed by atoms with E-state index < -0.39 is 5.60 Å². The van der Waals surface area contributed by atoms with Crippen LogP contribution in [0.25, 0.3) is 16.9 Å². The van der Waals surface area contributed by atoms with Gasteiger partial charge in [0.15, 0.2) is 0 Å². The summed E-state index contributed by atoms with van der Waals surface area (Å²) in [6.45, 7) is 7.49. The maximum Gasteiger partial charge on any atom is 0.338 e. The van der Waals surface area contributed by atoms with Gasteiger partial charge in [-0.15, -0.1) is 0 Å². The third-order valence-electron chi connectivity index (χ3n) is 3.96. The molecule has 5 nitrogen and oxygen atoms in total. The van der Waals surface area contributed by atoms with Crippen molar-refractivity contribution in [2.75, 3.05) is 5.73 Å². The number of carbonyl (C=O) groups excluding carboxylic acids is 1. The molecule has 5 heteroatoms. The number of rotatable bonds is 3. The second-order valence-corrected chi connectivity index (χ2v) is 7.19. The van der Waals surface area contributed by atoms with Gasteiger partial charge >= 0.3 is 5.97 Å². The maximum atomic E-state index is 12.2. The van der Waals surface area contributed by atoms with Crippen molar-refractivity contribution in [1.82, 2.24) is 9.78 Å². The summed E-state index contributed by atoms with van der Waals surface area (Å²) in [6.07, 6.45) is 0. The van der Waals surface area contributed by atoms with Crippen molar-refractivity contribution in [3.63, 3.8) is 0 Å². The fourth-order valence-electron chi connectivity index (χ4n) is 2.65. The monoisotopic (exact) mass is 349 g/mol. The zero-order valence-corrected chi connectivity index (χ0v) is 15.5. The molecular formula is C21H23N3O2. The lowest BCUT2D eigenvalue weighted by molar-refractivity contribution is 0.00696. The van der Waals surface area contributed by atoms with Crippen molar-refractivity contribution in [2.24, 2.45) is 0 Å². The molecule has 2 aromatic carbocycles. The molecule has 0 atom stereocenters. The number of hydrogen-bond acceptors (Lipinski definition) is 4. The summed E-state index contributed by atoms with van der Waals surface area (Å²) in [5, 5.41) is 4.66. The van der Waals surface area contributed by atoms with Crippen LogP contribution in [0.3, 0.4) is 0 Å². The van der Waals surface area contributed by atoms with Gasteiger partial charge < -0.3 is 10.5 Å². The lowest BCUT2D eigenvalue weighted by Crippen LogP contribution is -2.23. The molecule has 0 aliphatic rings. The predicted molar refractivity (Wildman–Crippen MR) is 103 cm³/mol. The molecule has 0 saturated carbocycles. The predicted octanol–water partition coefficient (Wildman–Crippen LogP) is 4.39. The highest BCUT2D eigenvalue weighted by molar-refractivity contribution is 5.90. The number of hydrogen-bond donors (Lipinski definition) is 1. The molecule has 3 rings (SSSR count). The van der Waals surface area contributed by atoms with Crippen molar-refractivity contribution in [3.05, 3.63) is 65.7 Å². The van der Waals surface area contributed by atoms with Gasteiger partial charge in [-0.1, -0.05) is 30.3 Å². The van der Waals surface area contributed by atoms with Gasteiger partial charge in [-0.2, -0.15) is 5.10 Å². The lowest BCUT2D eigenvalue weighted by Gasteiger charge is -2.19. The van der Waals surface area contributed by atoms with Gasteiger partial charge in [0.1, 0.15) is 11.4 Å². The Morgan fingerprint density at radius 1 is 1.04 bits per heavy atom. The Bertz CT molecular complexity index is 920. The summed E-state index contributed by atoms with van der Waals surface area (Å²) >= 11 is 0. The van der Waals surface area contributed by atoms with Crippen molar-refractivity contribution >= 4 is 11.8 Å². The van der Waals surface area contributed by atoms with Crippen molar-refractivity contribution in [1.29, 1.82) is 0 Å². The molecule has 0 unspecified atom stereocenters. The molecule has 0 bridgehead atoms. The number of ether oxygens (including phenoxy) is 1. The SMILES string of the molecule is Cc1c(-c2ccc(C(=O)OC(C)(C)C)cc2)nn(-c2ccccc2)c1N. The molecule has 0 aliphatic carbocycles. The van der Waals surface area contributed by atoms with E-state index in [2.05, 4.69) is 5.10 Å². The van der Waals surface area contributed by atoms with E-state index in [4.69, 9.17) is 10.5 Å². The number of anilines is 1. The largest absolute Gasteiger partial charge is 0.456 e. The van der Waals surface area contributed by atoms with Crippen LogP contribution < -0.4 is 5.73 Å². The van der Waals surface area contributed by atoms with E-state index in [1.165, 1.54) is 0 Å². The molecule has 2 N–H and O–H groups in total. The minimum Gasteiger partial charge on any atom is -0.456 e. The average molecular weight is 349 g/mol. The summed E-state index contributed by atoms with van der Waals surface area (Å²) in [5.74, 6) is 0.262. The maximum absolute atomic E-state index is 12.2. The Labute approximate surface area is 153 Å². The van der Waals surface area contributed by atoms with E-state index >= 15 is 0 Å². The van der Waals surface area contributed by atoms with Crippen LogP contribution in [0.5, 0.6) is 0 Å². The average Bonchev–Trinajstić information content (AvgIpc) is 2.90. The number of nitrogens with zero attached hydrogens (tertiary/aromatic N) is 2. The van der Waals surface area contributed by atoms with Crippen LogP contribution in [0.1, 0.15) is 36.7 Å². The van der Waals surface area contributed by atoms with Crippen LogP contribution in [0.15, 0.2) is 54.6 Å². The van der Waals surface area contributed by atoms with E-state index in [1.54, 1.807) is 16.8 Å². The van der Waals surface area contributed by atoms with E-state index in [0.717, 1.165) is 22.5 Å². The first-order valence-electron chi connectivity index (χ1n) is 8.50. The van der Waals surface area contributed by atoms with Crippen molar-refractivity contribution < 1.29 is 9.53 Å². The van der Waals surface area contributed by atoms with E-state index in [1.807, 2.05) is 70.2 Å². The summed E-state index contributed by atoms with van der Waals surface area (Å²) in [6, 6.07) is 17.0. The molecule has 3 aromatic rings. The van der Waals surface area contributed by atoms with E-state index in [9.17, 15) is 4.79 Å². The van der Waals surface area contributed by atoms with Gasteiger partial charge in [0.2, 0.25) is 0 Å². The van der Waals surface area contributed by atoms with Gasteiger partial charge in [0.05, 0.1) is 16.9 Å². The van der Waals surface area contributed by atoms with Crippen LogP contribution >= 0.6 is 0 Å². The number of nitrogen functional groups attached to an aromatic ring is 1. The normalized spacial score (nSPS) is 11.4. The number of esters is 1. The molecule has 0 radical (unpaired) electrons. The van der Waals surface area contributed by atoms with Crippen molar-refractivity contribution in [2.45, 2.75) is 33.3 Å². The van der Waals surface area contributed by atoms with Crippen LogP contribution in [0.2, 0.25) is 0 Å². The van der Waals surface area contributed by atoms with Crippen LogP contribution in [0.4, 0.5) is 5.82 Å². The Morgan fingerprint density at radius 2 is 1.65 bits per heavy atom. The highest BCUT2D eigenvalue weighted by atomic mass is 16.6. The standard InChI is InChI=1S/C21H23N3O2/c1-14-18(23-24(19(14)22)17-8-6-5-7-9-17)15-10-12-16(13-11-15)20(25)26-21(2,3)4/h5-13H,22H2,1-4H3. The van der Waals surface area contributed by atoms with Gasteiger partial charge in [0.25, 0.3) is 0 Å². The molecule has 0 fully saturated rings. The Kier molecular flexibility index (Phi) is 4.55. The molecule has 26 heavy (non-hydrogen) atoms. The molecular weight excluding hydrogens is 326 g/mol. The molecule has 0 spiro atoms. The second-order valence-electron chi connectivity index (χ2n) is 7.19. The fourth-order valence-corrected chi connectivity index (χ4v) is 2.65. The lowest BCUT2D eigenvalue weighted by atomic mass is 10.1. The smallest absolute Gasteiger partial charge is 0.338 e. The van der Waals surface area contributed by atoms with Gasteiger partial charge in [-0.25, -0.2) is 9.48 Å². The van der Waals surface area contributed by atoms with Crippen LogP contribution in [-0.4, -0.2) is 21.4 Å². The molecule has 1 aromatic heterocycles. The Hall–Kier alpha value is -3.08. The first-order valence-corrected chi connectivity index (χ1v) is 8.50. The molecule has 1 heterocycles. The van der Waals surface area contributed by atoms with Crippen LogP contribution in [-0.2, 0) is 4.74 Å². The molecule has 0 aliphatic heterocycles. The summed E-state index contributed by atoms with van der Waals surface area (Å²) in [4.78, 5) is 12.2. The minimum absolute atomic E-state index is 0.338. The zero-order valence-electron chi connectivity index (χ0n) is 15.5.